The number of amides is 3. The van der Waals surface area contributed by atoms with Crippen LogP contribution in [0.1, 0.15) is 31.2 Å². The van der Waals surface area contributed by atoms with Crippen molar-refractivity contribution in [2.75, 3.05) is 93.6 Å². The van der Waals surface area contributed by atoms with Crippen molar-refractivity contribution < 1.29 is 32.2 Å². The van der Waals surface area contributed by atoms with Crippen molar-refractivity contribution in [1.82, 2.24) is 24.7 Å². The van der Waals surface area contributed by atoms with E-state index in [-0.39, 0.29) is 30.3 Å². The van der Waals surface area contributed by atoms with Gasteiger partial charge in [0.1, 0.15) is 18.1 Å². The van der Waals surface area contributed by atoms with Crippen LogP contribution in [0.2, 0.25) is 0 Å². The third-order valence-electron chi connectivity index (χ3n) is 9.70. The van der Waals surface area contributed by atoms with Crippen molar-refractivity contribution in [1.29, 1.82) is 0 Å². The Balaban J connectivity index is 1.27. The summed E-state index contributed by atoms with van der Waals surface area (Å²) in [5.41, 5.74) is 2.21. The first-order chi connectivity index (χ1) is 23.5. The van der Waals surface area contributed by atoms with Crippen molar-refractivity contribution >= 4 is 40.8 Å². The molecular weight excluding hydrogens is 643 g/mol. The highest BCUT2D eigenvalue weighted by Crippen LogP contribution is 2.40. The summed E-state index contributed by atoms with van der Waals surface area (Å²) >= 11 is 0. The maximum atomic E-state index is 13.5. The minimum atomic E-state index is -4.56. The lowest BCUT2D eigenvalue weighted by molar-refractivity contribution is -0.141. The summed E-state index contributed by atoms with van der Waals surface area (Å²) in [5, 5.41) is 6.10. The van der Waals surface area contributed by atoms with Crippen LogP contribution in [0.3, 0.4) is 0 Å². The molecule has 5 heterocycles. The van der Waals surface area contributed by atoms with E-state index in [2.05, 4.69) is 48.9 Å². The lowest BCUT2D eigenvalue weighted by Gasteiger charge is -2.43. The number of hydrogen-bond acceptors (Lipinski definition) is 10. The Labute approximate surface area is 284 Å². The largest absolute Gasteiger partial charge is 0.494 e. The van der Waals surface area contributed by atoms with Crippen molar-refractivity contribution in [3.05, 3.63) is 36.5 Å². The molecule has 0 bridgehead atoms. The number of carbonyl (C=O) groups excluding carboxylic acids is 2. The number of piperidine rings is 1. The minimum Gasteiger partial charge on any atom is -0.494 e. The molecule has 0 saturated carbocycles. The predicted octanol–water partition coefficient (Wildman–Crippen LogP) is 4.05. The van der Waals surface area contributed by atoms with Gasteiger partial charge in [-0.3, -0.25) is 14.6 Å². The van der Waals surface area contributed by atoms with E-state index in [1.54, 1.807) is 13.2 Å². The molecule has 3 saturated heterocycles. The molecule has 2 aromatic rings. The highest BCUT2D eigenvalue weighted by molar-refractivity contribution is 6.02. The number of ether oxygens (including phenoxy) is 2. The van der Waals surface area contributed by atoms with Gasteiger partial charge in [-0.1, -0.05) is 6.58 Å². The van der Waals surface area contributed by atoms with Crippen LogP contribution in [0.25, 0.3) is 0 Å². The molecule has 2 N–H and O–H groups in total. The van der Waals surface area contributed by atoms with Gasteiger partial charge < -0.3 is 34.8 Å². The average Bonchev–Trinajstić information content (AvgIpc) is 3.09. The van der Waals surface area contributed by atoms with E-state index < -0.39 is 18.8 Å². The molecule has 4 aliphatic rings. The lowest BCUT2D eigenvalue weighted by atomic mass is 10.0. The smallest absolute Gasteiger partial charge is 0.406 e. The number of anilines is 5. The summed E-state index contributed by atoms with van der Waals surface area (Å²) in [6.45, 7) is 8.60. The van der Waals surface area contributed by atoms with Gasteiger partial charge in [-0.05, 0) is 44.9 Å². The molecule has 13 nitrogen and oxygen atoms in total. The van der Waals surface area contributed by atoms with Crippen molar-refractivity contribution in [3.8, 4) is 5.75 Å². The van der Waals surface area contributed by atoms with Crippen molar-refractivity contribution in [3.63, 3.8) is 0 Å². The van der Waals surface area contributed by atoms with Gasteiger partial charge in [0, 0.05) is 82.4 Å². The quantitative estimate of drug-likeness (QED) is 0.374. The summed E-state index contributed by atoms with van der Waals surface area (Å²) in [5.74, 6) is 0.478. The van der Waals surface area contributed by atoms with Gasteiger partial charge in [0.2, 0.25) is 11.9 Å². The van der Waals surface area contributed by atoms with Gasteiger partial charge in [0.15, 0.2) is 0 Å². The number of fused-ring (bicyclic) bond motifs is 1. The highest BCUT2D eigenvalue weighted by atomic mass is 19.4. The zero-order valence-electron chi connectivity index (χ0n) is 28.0. The summed E-state index contributed by atoms with van der Waals surface area (Å²) in [7, 11) is 3.70. The highest BCUT2D eigenvalue weighted by Gasteiger charge is 2.42. The second-order valence-corrected chi connectivity index (χ2v) is 13.0. The molecule has 3 fully saturated rings. The second kappa shape index (κ2) is 14.8. The third kappa shape index (κ3) is 8.02. The Kier molecular flexibility index (Phi) is 10.5. The molecule has 0 spiro atoms. The zero-order chi connectivity index (χ0) is 34.7. The maximum absolute atomic E-state index is 13.5. The Hall–Kier alpha value is -4.15. The summed E-state index contributed by atoms with van der Waals surface area (Å²) in [4.78, 5) is 44.4. The lowest BCUT2D eigenvalue weighted by Crippen LogP contribution is -2.55. The number of piperazine rings is 1. The van der Waals surface area contributed by atoms with Crippen LogP contribution in [0, 0.1) is 0 Å². The van der Waals surface area contributed by atoms with Crippen LogP contribution in [0.15, 0.2) is 31.0 Å². The Morgan fingerprint density at radius 3 is 2.43 bits per heavy atom. The van der Waals surface area contributed by atoms with E-state index in [0.29, 0.717) is 54.8 Å². The first-order valence-corrected chi connectivity index (χ1v) is 16.7. The molecule has 4 aliphatic heterocycles. The van der Waals surface area contributed by atoms with Gasteiger partial charge >= 0.3 is 12.2 Å². The number of aromatic nitrogens is 2. The predicted molar refractivity (Wildman–Crippen MR) is 180 cm³/mol. The van der Waals surface area contributed by atoms with Crippen LogP contribution >= 0.6 is 0 Å². The molecule has 0 aliphatic carbocycles. The van der Waals surface area contributed by atoms with Gasteiger partial charge in [0.25, 0.3) is 0 Å². The van der Waals surface area contributed by atoms with Crippen molar-refractivity contribution in [2.24, 2.45) is 0 Å². The van der Waals surface area contributed by atoms with Crippen LogP contribution in [0.4, 0.5) is 46.8 Å². The standard InChI is InChI=1S/C33H44F3N9O4/c1-4-29(46)38-25-17-26(28(48-3)18-27(25)43-9-5-23(6-10-43)42-13-11-41(2)12-14-42)39-31-37-19-22-20-44(21-33(34,35)36)32(47)45(30(22)40-31)24-7-15-49-16-8-24/h4,17-19,23-24H,1,5-16,20-21H2,2-3H3,(H,38,46)(H,37,39,40). The third-order valence-corrected chi connectivity index (χ3v) is 9.70. The van der Waals surface area contributed by atoms with Crippen LogP contribution in [0.5, 0.6) is 5.75 Å². The van der Waals surface area contributed by atoms with E-state index in [1.807, 2.05) is 6.07 Å². The number of nitrogens with zero attached hydrogens (tertiary/aromatic N) is 7. The fraction of sp³-hybridized carbons (Fsp3) is 0.576. The number of nitrogens with one attached hydrogen (secondary N) is 2. The molecule has 3 amide bonds. The number of carbonyl (C=O) groups is 2. The molecule has 16 heteroatoms. The molecule has 0 unspecified atom stereocenters. The van der Waals surface area contributed by atoms with Gasteiger partial charge in [0.05, 0.1) is 30.7 Å². The maximum Gasteiger partial charge on any atom is 0.406 e. The van der Waals surface area contributed by atoms with E-state index in [4.69, 9.17) is 9.47 Å². The summed E-state index contributed by atoms with van der Waals surface area (Å²) < 4.78 is 51.4. The minimum absolute atomic E-state index is 0.118. The van der Waals surface area contributed by atoms with Crippen LogP contribution in [-0.4, -0.2) is 128 Å². The number of urea groups is 1. The first-order valence-electron chi connectivity index (χ1n) is 16.7. The number of methoxy groups -OCH3 is 1. The molecule has 0 atom stereocenters. The van der Waals surface area contributed by atoms with Gasteiger partial charge in [-0.15, -0.1) is 0 Å². The number of rotatable bonds is 9. The fourth-order valence-corrected chi connectivity index (χ4v) is 7.07. The average molecular weight is 688 g/mol. The number of benzene rings is 1. The number of likely N-dealkylation sites (N-methyl/N-ethyl adjacent to an activating group) is 1. The Morgan fingerprint density at radius 1 is 1.06 bits per heavy atom. The van der Waals surface area contributed by atoms with E-state index in [1.165, 1.54) is 17.2 Å². The molecular formula is C33H44F3N9O4. The first kappa shape index (κ1) is 34.7. The number of hydrogen-bond donors (Lipinski definition) is 2. The normalized spacial score (nSPS) is 20.3. The molecule has 1 aromatic heterocycles. The zero-order valence-corrected chi connectivity index (χ0v) is 28.0. The Morgan fingerprint density at radius 2 is 1.78 bits per heavy atom. The monoisotopic (exact) mass is 687 g/mol. The second-order valence-electron chi connectivity index (χ2n) is 13.0. The van der Waals surface area contributed by atoms with E-state index >= 15 is 0 Å². The molecule has 0 radical (unpaired) electrons. The van der Waals surface area contributed by atoms with Crippen molar-refractivity contribution in [2.45, 2.75) is 50.5 Å². The molecule has 49 heavy (non-hydrogen) atoms. The number of halogens is 3. The van der Waals surface area contributed by atoms with Crippen LogP contribution in [-0.2, 0) is 16.1 Å². The van der Waals surface area contributed by atoms with Crippen LogP contribution < -0.4 is 25.2 Å². The molecule has 266 valence electrons. The molecule has 1 aromatic carbocycles. The van der Waals surface area contributed by atoms with Gasteiger partial charge in [-0.25, -0.2) is 9.78 Å². The number of alkyl halides is 3. The summed E-state index contributed by atoms with van der Waals surface area (Å²) in [6.07, 6.45) is 1.01. The van der Waals surface area contributed by atoms with E-state index in [0.717, 1.165) is 62.7 Å². The fourth-order valence-electron chi connectivity index (χ4n) is 7.07. The summed E-state index contributed by atoms with van der Waals surface area (Å²) in [6, 6.07) is 2.98. The van der Waals surface area contributed by atoms with Gasteiger partial charge in [-0.2, -0.15) is 18.2 Å². The molecule has 6 rings (SSSR count). The van der Waals surface area contributed by atoms with E-state index in [9.17, 15) is 22.8 Å². The SMILES string of the molecule is C=CC(=O)Nc1cc(Nc2ncc3c(n2)N(C2CCOCC2)C(=O)N(CC(F)(F)F)C3)c(OC)cc1N1CCC(N2CCN(C)CC2)CC1. The Bertz CT molecular complexity index is 1520. The topological polar surface area (TPSA) is 119 Å².